The molecule has 0 aliphatic carbocycles. The molecule has 7 heteroatoms. The van der Waals surface area contributed by atoms with Gasteiger partial charge in [-0.15, -0.1) is 0 Å². The molecule has 1 saturated heterocycles. The van der Waals surface area contributed by atoms with Crippen molar-refractivity contribution in [2.45, 2.75) is 23.8 Å². The van der Waals surface area contributed by atoms with Gasteiger partial charge in [0, 0.05) is 18.2 Å². The van der Waals surface area contributed by atoms with Gasteiger partial charge in [0.1, 0.15) is 4.90 Å². The Morgan fingerprint density at radius 1 is 1.18 bits per heavy atom. The Morgan fingerprint density at radius 3 is 2.50 bits per heavy atom. The Bertz CT molecular complexity index is 732. The predicted octanol–water partition coefficient (Wildman–Crippen LogP) is 1.29. The van der Waals surface area contributed by atoms with Gasteiger partial charge >= 0.3 is 0 Å². The molecule has 22 heavy (non-hydrogen) atoms. The van der Waals surface area contributed by atoms with Crippen molar-refractivity contribution < 1.29 is 13.5 Å². The van der Waals surface area contributed by atoms with E-state index in [0.717, 1.165) is 12.0 Å². The molecule has 1 aliphatic heterocycles. The second kappa shape index (κ2) is 6.12. The number of nitrogens with zero attached hydrogens (tertiary/aromatic N) is 3. The molecule has 6 nitrogen and oxygen atoms in total. The Kier molecular flexibility index (Phi) is 4.19. The van der Waals surface area contributed by atoms with Gasteiger partial charge in [0.15, 0.2) is 5.82 Å². The zero-order chi connectivity index (χ0) is 15.6. The van der Waals surface area contributed by atoms with Gasteiger partial charge in [-0.25, -0.2) is 18.4 Å². The van der Waals surface area contributed by atoms with Gasteiger partial charge in [0.2, 0.25) is 10.0 Å². The summed E-state index contributed by atoms with van der Waals surface area (Å²) in [4.78, 5) is 8.38. The normalized spacial score (nSPS) is 19.4. The van der Waals surface area contributed by atoms with Gasteiger partial charge in [-0.05, 0) is 12.8 Å². The zero-order valence-corrected chi connectivity index (χ0v) is 12.8. The lowest BCUT2D eigenvalue weighted by Gasteiger charge is -2.22. The first-order valence-corrected chi connectivity index (χ1v) is 8.57. The van der Waals surface area contributed by atoms with Gasteiger partial charge < -0.3 is 5.11 Å². The Morgan fingerprint density at radius 2 is 1.86 bits per heavy atom. The van der Waals surface area contributed by atoms with Crippen LogP contribution in [0.1, 0.15) is 12.8 Å². The lowest BCUT2D eigenvalue weighted by Crippen LogP contribution is -2.37. The number of hydrogen-bond donors (Lipinski definition) is 1. The average Bonchev–Trinajstić information content (AvgIpc) is 3.05. The molecule has 0 bridgehead atoms. The van der Waals surface area contributed by atoms with Crippen LogP contribution in [0.15, 0.2) is 47.6 Å². The summed E-state index contributed by atoms with van der Waals surface area (Å²) in [6, 6.07) is 9.03. The van der Waals surface area contributed by atoms with Crippen LogP contribution in [0, 0.1) is 0 Å². The molecule has 3 rings (SSSR count). The molecule has 1 aromatic carbocycles. The van der Waals surface area contributed by atoms with E-state index in [1.54, 1.807) is 0 Å². The van der Waals surface area contributed by atoms with Crippen molar-refractivity contribution in [3.63, 3.8) is 0 Å². The number of aliphatic hydroxyl groups excluding tert-OH is 1. The number of hydrogen-bond acceptors (Lipinski definition) is 5. The first kappa shape index (κ1) is 15.1. The fraction of sp³-hybridized carbons (Fsp3) is 0.333. The van der Waals surface area contributed by atoms with Crippen molar-refractivity contribution in [3.8, 4) is 11.4 Å². The molecule has 2 aromatic rings. The minimum absolute atomic E-state index is 0.0625. The number of benzene rings is 1. The number of aliphatic hydroxyl groups is 1. The highest BCUT2D eigenvalue weighted by molar-refractivity contribution is 7.89. The first-order chi connectivity index (χ1) is 10.6. The number of aromatic nitrogens is 2. The van der Waals surface area contributed by atoms with Crippen LogP contribution in [0.3, 0.4) is 0 Å². The second-order valence-corrected chi connectivity index (χ2v) is 7.09. The van der Waals surface area contributed by atoms with E-state index in [1.807, 2.05) is 30.3 Å². The van der Waals surface area contributed by atoms with Crippen molar-refractivity contribution >= 4 is 10.0 Å². The van der Waals surface area contributed by atoms with E-state index in [0.29, 0.717) is 18.8 Å². The Labute approximate surface area is 129 Å². The Balaban J connectivity index is 1.89. The van der Waals surface area contributed by atoms with Gasteiger partial charge in [0.05, 0.1) is 19.0 Å². The van der Waals surface area contributed by atoms with E-state index in [4.69, 9.17) is 0 Å². The lowest BCUT2D eigenvalue weighted by molar-refractivity contribution is 0.213. The SMILES string of the molecule is O=S(=O)(c1cnc(-c2ccccc2)nc1)N1CCC[C@H]1CO. The number of sulfonamides is 1. The molecule has 1 aromatic heterocycles. The smallest absolute Gasteiger partial charge is 0.246 e. The highest BCUT2D eigenvalue weighted by Crippen LogP contribution is 2.25. The standard InChI is InChI=1S/C15H17N3O3S/c19-11-13-7-4-8-18(13)22(20,21)14-9-16-15(17-10-14)12-5-2-1-3-6-12/h1-3,5-6,9-10,13,19H,4,7-8,11H2/t13-/m0/s1. The van der Waals surface area contributed by atoms with Crippen LogP contribution >= 0.6 is 0 Å². The van der Waals surface area contributed by atoms with Crippen molar-refractivity contribution in [1.29, 1.82) is 0 Å². The van der Waals surface area contributed by atoms with Crippen LogP contribution in [0.2, 0.25) is 0 Å². The summed E-state index contributed by atoms with van der Waals surface area (Å²) >= 11 is 0. The lowest BCUT2D eigenvalue weighted by atomic mass is 10.2. The Hall–Kier alpha value is -1.83. The molecule has 0 radical (unpaired) electrons. The summed E-state index contributed by atoms with van der Waals surface area (Å²) in [5.74, 6) is 0.486. The van der Waals surface area contributed by atoms with Gasteiger partial charge in [-0.1, -0.05) is 30.3 Å². The highest BCUT2D eigenvalue weighted by Gasteiger charge is 2.35. The second-order valence-electron chi connectivity index (χ2n) is 5.20. The van der Waals surface area contributed by atoms with E-state index in [2.05, 4.69) is 9.97 Å². The fourth-order valence-corrected chi connectivity index (χ4v) is 4.21. The molecule has 0 amide bonds. The van der Waals surface area contributed by atoms with Crippen LogP contribution < -0.4 is 0 Å². The van der Waals surface area contributed by atoms with Crippen LogP contribution in [0.25, 0.3) is 11.4 Å². The third kappa shape index (κ3) is 2.75. The predicted molar refractivity (Wildman–Crippen MR) is 81.5 cm³/mol. The van der Waals surface area contributed by atoms with E-state index >= 15 is 0 Å². The summed E-state index contributed by atoms with van der Waals surface area (Å²) in [5.41, 5.74) is 0.834. The molecule has 1 N–H and O–H groups in total. The average molecular weight is 319 g/mol. The summed E-state index contributed by atoms with van der Waals surface area (Å²) in [5, 5.41) is 9.30. The highest BCUT2D eigenvalue weighted by atomic mass is 32.2. The summed E-state index contributed by atoms with van der Waals surface area (Å²) < 4.78 is 26.5. The topological polar surface area (TPSA) is 83.4 Å². The third-order valence-corrected chi connectivity index (χ3v) is 5.71. The van der Waals surface area contributed by atoms with Crippen molar-refractivity contribution in [2.75, 3.05) is 13.2 Å². The maximum Gasteiger partial charge on any atom is 0.246 e. The van der Waals surface area contributed by atoms with Crippen LogP contribution in [-0.4, -0.2) is 47.0 Å². The van der Waals surface area contributed by atoms with Crippen molar-refractivity contribution in [1.82, 2.24) is 14.3 Å². The van der Waals surface area contributed by atoms with E-state index in [-0.39, 0.29) is 17.5 Å². The largest absolute Gasteiger partial charge is 0.395 e. The molecule has 2 heterocycles. The summed E-state index contributed by atoms with van der Waals surface area (Å²) in [6.45, 7) is 0.260. The minimum Gasteiger partial charge on any atom is -0.395 e. The van der Waals surface area contributed by atoms with Gasteiger partial charge in [-0.3, -0.25) is 0 Å². The monoisotopic (exact) mass is 319 g/mol. The number of rotatable bonds is 4. The fourth-order valence-electron chi connectivity index (χ4n) is 2.63. The maximum absolute atomic E-state index is 12.6. The maximum atomic E-state index is 12.6. The van der Waals surface area contributed by atoms with Gasteiger partial charge in [-0.2, -0.15) is 4.31 Å². The molecule has 1 fully saturated rings. The molecule has 0 unspecified atom stereocenters. The summed E-state index contributed by atoms with van der Waals surface area (Å²) in [7, 11) is -3.65. The molecule has 0 spiro atoms. The first-order valence-electron chi connectivity index (χ1n) is 7.13. The van der Waals surface area contributed by atoms with Crippen LogP contribution in [-0.2, 0) is 10.0 Å². The van der Waals surface area contributed by atoms with Crippen molar-refractivity contribution in [3.05, 3.63) is 42.7 Å². The van der Waals surface area contributed by atoms with E-state index in [1.165, 1.54) is 16.7 Å². The van der Waals surface area contributed by atoms with E-state index < -0.39 is 10.0 Å². The van der Waals surface area contributed by atoms with Crippen molar-refractivity contribution in [2.24, 2.45) is 0 Å². The van der Waals surface area contributed by atoms with Gasteiger partial charge in [0.25, 0.3) is 0 Å². The zero-order valence-electron chi connectivity index (χ0n) is 12.0. The molecule has 1 atom stereocenters. The molecular formula is C15H17N3O3S. The molecule has 116 valence electrons. The molecular weight excluding hydrogens is 302 g/mol. The van der Waals surface area contributed by atoms with Crippen LogP contribution in [0.4, 0.5) is 0 Å². The quantitative estimate of drug-likeness (QED) is 0.918. The summed E-state index contributed by atoms with van der Waals surface area (Å²) in [6.07, 6.45) is 4.10. The third-order valence-electron chi connectivity index (χ3n) is 3.80. The minimum atomic E-state index is -3.65. The molecule has 1 aliphatic rings. The molecule has 0 saturated carbocycles. The van der Waals surface area contributed by atoms with E-state index in [9.17, 15) is 13.5 Å². The van der Waals surface area contributed by atoms with Crippen LogP contribution in [0.5, 0.6) is 0 Å².